The van der Waals surface area contributed by atoms with Gasteiger partial charge in [0.1, 0.15) is 5.82 Å². The van der Waals surface area contributed by atoms with Crippen LogP contribution < -0.4 is 11.1 Å². The van der Waals surface area contributed by atoms with E-state index in [1.54, 1.807) is 36.7 Å². The van der Waals surface area contributed by atoms with Crippen LogP contribution in [0.25, 0.3) is 0 Å². The standard InChI is InChI=1S/C15H17Cl2N5O2S/c1-8(14(24)19-11-4-3-9(16)7-10(11)17)25-15-21-20-13(22(15)2)6-5-12(18)23/h3-4,7-8H,5-6H2,1-2H3,(H2,18,23)(H,19,24)/t8-/m0/s1. The smallest absolute Gasteiger partial charge is 0.237 e. The lowest BCUT2D eigenvalue weighted by Gasteiger charge is -2.12. The number of hydrogen-bond donors (Lipinski definition) is 2. The number of nitrogens with zero attached hydrogens (tertiary/aromatic N) is 3. The van der Waals surface area contributed by atoms with Crippen LogP contribution in [-0.2, 0) is 23.1 Å². The molecule has 0 saturated heterocycles. The van der Waals surface area contributed by atoms with E-state index in [9.17, 15) is 9.59 Å². The van der Waals surface area contributed by atoms with Crippen molar-refractivity contribution in [1.82, 2.24) is 14.8 Å². The first-order valence-electron chi connectivity index (χ1n) is 7.37. The van der Waals surface area contributed by atoms with E-state index >= 15 is 0 Å². The number of benzene rings is 1. The van der Waals surface area contributed by atoms with Gasteiger partial charge >= 0.3 is 0 Å². The second-order valence-corrected chi connectivity index (χ2v) is 7.45. The Labute approximate surface area is 159 Å². The van der Waals surface area contributed by atoms with Crippen molar-refractivity contribution < 1.29 is 9.59 Å². The summed E-state index contributed by atoms with van der Waals surface area (Å²) in [6.07, 6.45) is 0.599. The zero-order chi connectivity index (χ0) is 18.6. The minimum atomic E-state index is -0.432. The van der Waals surface area contributed by atoms with Gasteiger partial charge in [-0.25, -0.2) is 0 Å². The second-order valence-electron chi connectivity index (χ2n) is 5.30. The van der Waals surface area contributed by atoms with Crippen molar-refractivity contribution in [2.75, 3.05) is 5.32 Å². The van der Waals surface area contributed by atoms with Crippen LogP contribution in [0.4, 0.5) is 5.69 Å². The van der Waals surface area contributed by atoms with Crippen LogP contribution in [0.5, 0.6) is 0 Å². The summed E-state index contributed by atoms with van der Waals surface area (Å²) in [6, 6.07) is 4.85. The van der Waals surface area contributed by atoms with E-state index in [2.05, 4.69) is 15.5 Å². The summed E-state index contributed by atoms with van der Waals surface area (Å²) in [5.74, 6) is 0.00959. The molecule has 0 saturated carbocycles. The molecule has 1 aromatic carbocycles. The summed E-state index contributed by atoms with van der Waals surface area (Å²) in [6.45, 7) is 1.75. The average molecular weight is 402 g/mol. The number of nitrogens with two attached hydrogens (primary N) is 1. The van der Waals surface area contributed by atoms with E-state index in [1.165, 1.54) is 11.8 Å². The highest BCUT2D eigenvalue weighted by molar-refractivity contribution is 8.00. The zero-order valence-corrected chi connectivity index (χ0v) is 16.0. The summed E-state index contributed by atoms with van der Waals surface area (Å²) in [5, 5.41) is 11.8. The maximum atomic E-state index is 12.3. The van der Waals surface area contributed by atoms with E-state index in [1.807, 2.05) is 0 Å². The van der Waals surface area contributed by atoms with Crippen molar-refractivity contribution >= 4 is 52.5 Å². The van der Waals surface area contributed by atoms with Gasteiger partial charge in [-0.05, 0) is 25.1 Å². The van der Waals surface area contributed by atoms with Crippen molar-refractivity contribution in [2.24, 2.45) is 12.8 Å². The number of hydrogen-bond acceptors (Lipinski definition) is 5. The molecule has 0 fully saturated rings. The van der Waals surface area contributed by atoms with Crippen molar-refractivity contribution in [1.29, 1.82) is 0 Å². The molecule has 0 aliphatic carbocycles. The Bertz CT molecular complexity index is 796. The van der Waals surface area contributed by atoms with E-state index in [4.69, 9.17) is 28.9 Å². The monoisotopic (exact) mass is 401 g/mol. The Morgan fingerprint density at radius 2 is 2.08 bits per heavy atom. The van der Waals surface area contributed by atoms with Crippen LogP contribution >= 0.6 is 35.0 Å². The Morgan fingerprint density at radius 1 is 1.36 bits per heavy atom. The number of carbonyl (C=O) groups excluding carboxylic acids is 2. The molecule has 134 valence electrons. The topological polar surface area (TPSA) is 103 Å². The van der Waals surface area contributed by atoms with Gasteiger partial charge in [-0.3, -0.25) is 9.59 Å². The molecule has 7 nitrogen and oxygen atoms in total. The molecule has 0 aliphatic heterocycles. The molecule has 0 radical (unpaired) electrons. The first-order chi connectivity index (χ1) is 11.8. The van der Waals surface area contributed by atoms with Crippen LogP contribution in [0.15, 0.2) is 23.4 Å². The zero-order valence-electron chi connectivity index (χ0n) is 13.6. The summed E-state index contributed by atoms with van der Waals surface area (Å²) in [4.78, 5) is 23.2. The summed E-state index contributed by atoms with van der Waals surface area (Å²) in [5.41, 5.74) is 5.63. The predicted octanol–water partition coefficient (Wildman–Crippen LogP) is 2.66. The molecule has 2 rings (SSSR count). The minimum Gasteiger partial charge on any atom is -0.370 e. The molecule has 0 bridgehead atoms. The second kappa shape index (κ2) is 8.55. The minimum absolute atomic E-state index is 0.196. The van der Waals surface area contributed by atoms with E-state index in [0.717, 1.165) is 0 Å². The number of thioether (sulfide) groups is 1. The molecule has 0 unspecified atom stereocenters. The van der Waals surface area contributed by atoms with Gasteiger partial charge < -0.3 is 15.6 Å². The Balaban J connectivity index is 2.00. The van der Waals surface area contributed by atoms with E-state index < -0.39 is 11.2 Å². The Kier molecular flexibility index (Phi) is 6.69. The molecule has 1 heterocycles. The van der Waals surface area contributed by atoms with Gasteiger partial charge in [-0.2, -0.15) is 0 Å². The maximum absolute atomic E-state index is 12.3. The largest absolute Gasteiger partial charge is 0.370 e. The number of aromatic nitrogens is 3. The molecule has 3 N–H and O–H groups in total. The number of anilines is 1. The van der Waals surface area contributed by atoms with Gasteiger partial charge in [0.2, 0.25) is 11.8 Å². The lowest BCUT2D eigenvalue weighted by Crippen LogP contribution is -2.23. The number of carbonyl (C=O) groups is 2. The highest BCUT2D eigenvalue weighted by atomic mass is 35.5. The van der Waals surface area contributed by atoms with Crippen LogP contribution in [0, 0.1) is 0 Å². The molecule has 10 heteroatoms. The predicted molar refractivity (Wildman–Crippen MR) is 98.9 cm³/mol. The fourth-order valence-electron chi connectivity index (χ4n) is 1.94. The number of primary amides is 1. The van der Waals surface area contributed by atoms with Crippen molar-refractivity contribution in [3.8, 4) is 0 Å². The lowest BCUT2D eigenvalue weighted by molar-refractivity contribution is -0.118. The third kappa shape index (κ3) is 5.35. The van der Waals surface area contributed by atoms with E-state index in [0.29, 0.717) is 33.1 Å². The van der Waals surface area contributed by atoms with Gasteiger partial charge in [0.15, 0.2) is 5.16 Å². The molecule has 0 spiro atoms. The van der Waals surface area contributed by atoms with Gasteiger partial charge in [0, 0.05) is 24.9 Å². The lowest BCUT2D eigenvalue weighted by atomic mass is 10.3. The van der Waals surface area contributed by atoms with Gasteiger partial charge in [0.25, 0.3) is 0 Å². The summed E-state index contributed by atoms with van der Waals surface area (Å²) in [7, 11) is 1.78. The molecular formula is C15H17Cl2N5O2S. The third-order valence-electron chi connectivity index (χ3n) is 3.36. The number of aryl methyl sites for hydroxylation is 1. The van der Waals surface area contributed by atoms with Crippen molar-refractivity contribution in [2.45, 2.75) is 30.2 Å². The van der Waals surface area contributed by atoms with Crippen molar-refractivity contribution in [3.63, 3.8) is 0 Å². The molecule has 1 atom stereocenters. The van der Waals surface area contributed by atoms with Crippen LogP contribution in [-0.4, -0.2) is 31.8 Å². The number of amides is 2. The van der Waals surface area contributed by atoms with E-state index in [-0.39, 0.29) is 12.3 Å². The average Bonchev–Trinajstić information content (AvgIpc) is 2.88. The highest BCUT2D eigenvalue weighted by Gasteiger charge is 2.20. The number of halogens is 2. The van der Waals surface area contributed by atoms with Crippen LogP contribution in [0.2, 0.25) is 10.0 Å². The fourth-order valence-corrected chi connectivity index (χ4v) is 3.23. The highest BCUT2D eigenvalue weighted by Crippen LogP contribution is 2.27. The number of nitrogens with one attached hydrogen (secondary N) is 1. The SMILES string of the molecule is C[C@H](Sc1nnc(CCC(N)=O)n1C)C(=O)Nc1ccc(Cl)cc1Cl. The Hall–Kier alpha value is -1.77. The third-order valence-corrected chi connectivity index (χ3v) is 5.04. The fraction of sp³-hybridized carbons (Fsp3) is 0.333. The summed E-state index contributed by atoms with van der Waals surface area (Å²) >= 11 is 13.2. The molecular weight excluding hydrogens is 385 g/mol. The first-order valence-corrected chi connectivity index (χ1v) is 9.00. The molecule has 1 aromatic heterocycles. The normalized spacial score (nSPS) is 12.0. The van der Waals surface area contributed by atoms with Crippen molar-refractivity contribution in [3.05, 3.63) is 34.1 Å². The maximum Gasteiger partial charge on any atom is 0.237 e. The van der Waals surface area contributed by atoms with Crippen LogP contribution in [0.1, 0.15) is 19.2 Å². The molecule has 0 aliphatic rings. The van der Waals surface area contributed by atoms with Gasteiger partial charge in [0.05, 0.1) is 16.0 Å². The molecule has 25 heavy (non-hydrogen) atoms. The van der Waals surface area contributed by atoms with Crippen LogP contribution in [0.3, 0.4) is 0 Å². The summed E-state index contributed by atoms with van der Waals surface area (Å²) < 4.78 is 1.74. The quantitative estimate of drug-likeness (QED) is 0.694. The van der Waals surface area contributed by atoms with Gasteiger partial charge in [-0.15, -0.1) is 10.2 Å². The number of rotatable bonds is 7. The molecule has 2 aromatic rings. The Morgan fingerprint density at radius 3 is 2.72 bits per heavy atom. The van der Waals surface area contributed by atoms with Gasteiger partial charge in [-0.1, -0.05) is 35.0 Å². The first kappa shape index (κ1) is 19.6. The molecule has 2 amide bonds.